The van der Waals surface area contributed by atoms with E-state index in [1.54, 1.807) is 0 Å². The Morgan fingerprint density at radius 1 is 1.29 bits per heavy atom. The predicted molar refractivity (Wildman–Crippen MR) is 83.9 cm³/mol. The third kappa shape index (κ3) is 4.05. The van der Waals surface area contributed by atoms with E-state index in [1.165, 1.54) is 5.56 Å². The van der Waals surface area contributed by atoms with Gasteiger partial charge in [0.25, 0.3) is 0 Å². The standard InChI is InChI=1S/C17H26N2O2/c1-4-21-11-10-19-16(13(2)3)18-15(17(19)20)12-14-8-6-5-7-9-14/h5-9,13,15-16,18H,4,10-12H2,1-3H3. The fourth-order valence-electron chi connectivity index (χ4n) is 2.81. The lowest BCUT2D eigenvalue weighted by Gasteiger charge is -2.27. The minimum absolute atomic E-state index is 0.103. The quantitative estimate of drug-likeness (QED) is 0.782. The second-order valence-electron chi connectivity index (χ2n) is 5.83. The van der Waals surface area contributed by atoms with Crippen molar-refractivity contribution in [1.29, 1.82) is 0 Å². The van der Waals surface area contributed by atoms with Crippen molar-refractivity contribution in [2.75, 3.05) is 19.8 Å². The van der Waals surface area contributed by atoms with E-state index in [1.807, 2.05) is 30.0 Å². The van der Waals surface area contributed by atoms with Crippen LogP contribution in [0.3, 0.4) is 0 Å². The average molecular weight is 290 g/mol. The minimum Gasteiger partial charge on any atom is -0.380 e. The molecule has 1 aliphatic heterocycles. The molecular weight excluding hydrogens is 264 g/mol. The van der Waals surface area contributed by atoms with Crippen LogP contribution in [-0.2, 0) is 16.0 Å². The van der Waals surface area contributed by atoms with Crippen molar-refractivity contribution >= 4 is 5.91 Å². The van der Waals surface area contributed by atoms with Gasteiger partial charge in [-0.15, -0.1) is 0 Å². The first-order valence-electron chi connectivity index (χ1n) is 7.81. The van der Waals surface area contributed by atoms with Gasteiger partial charge in [-0.25, -0.2) is 0 Å². The average Bonchev–Trinajstić information content (AvgIpc) is 2.78. The summed E-state index contributed by atoms with van der Waals surface area (Å²) in [6, 6.07) is 10.0. The molecule has 1 heterocycles. The molecule has 0 spiro atoms. The number of hydrogen-bond acceptors (Lipinski definition) is 3. The summed E-state index contributed by atoms with van der Waals surface area (Å²) in [4.78, 5) is 14.6. The topological polar surface area (TPSA) is 41.6 Å². The molecule has 0 radical (unpaired) electrons. The minimum atomic E-state index is -0.124. The lowest BCUT2D eigenvalue weighted by atomic mass is 10.1. The van der Waals surface area contributed by atoms with E-state index in [0.29, 0.717) is 25.7 Å². The van der Waals surface area contributed by atoms with Crippen molar-refractivity contribution in [3.8, 4) is 0 Å². The lowest BCUT2D eigenvalue weighted by Crippen LogP contribution is -2.43. The van der Waals surface area contributed by atoms with Crippen molar-refractivity contribution in [2.45, 2.75) is 39.4 Å². The molecule has 2 rings (SSSR count). The van der Waals surface area contributed by atoms with Gasteiger partial charge in [0.15, 0.2) is 0 Å². The summed E-state index contributed by atoms with van der Waals surface area (Å²) in [5.74, 6) is 0.577. The zero-order valence-electron chi connectivity index (χ0n) is 13.2. The lowest BCUT2D eigenvalue weighted by molar-refractivity contribution is -0.131. The highest BCUT2D eigenvalue weighted by atomic mass is 16.5. The van der Waals surface area contributed by atoms with Gasteiger partial charge in [0, 0.05) is 13.2 Å². The highest BCUT2D eigenvalue weighted by molar-refractivity contribution is 5.84. The maximum atomic E-state index is 12.6. The number of hydrogen-bond donors (Lipinski definition) is 1. The number of benzene rings is 1. The van der Waals surface area contributed by atoms with Crippen LogP contribution in [0.5, 0.6) is 0 Å². The molecule has 2 unspecified atom stereocenters. The second-order valence-corrected chi connectivity index (χ2v) is 5.83. The summed E-state index contributed by atoms with van der Waals surface area (Å²) in [7, 11) is 0. The zero-order valence-corrected chi connectivity index (χ0v) is 13.2. The summed E-state index contributed by atoms with van der Waals surface area (Å²) in [6.45, 7) is 8.21. The molecule has 2 atom stereocenters. The molecule has 1 aliphatic rings. The molecule has 1 N–H and O–H groups in total. The Hall–Kier alpha value is -1.39. The van der Waals surface area contributed by atoms with Crippen molar-refractivity contribution in [3.63, 3.8) is 0 Å². The molecule has 0 bridgehead atoms. The van der Waals surface area contributed by atoms with Gasteiger partial charge in [0.1, 0.15) is 0 Å². The Balaban J connectivity index is 2.02. The molecule has 0 aromatic heterocycles. The molecular formula is C17H26N2O2. The number of ether oxygens (including phenoxy) is 1. The van der Waals surface area contributed by atoms with Crippen molar-refractivity contribution < 1.29 is 9.53 Å². The van der Waals surface area contributed by atoms with Crippen LogP contribution in [-0.4, -0.2) is 42.8 Å². The molecule has 4 nitrogen and oxygen atoms in total. The van der Waals surface area contributed by atoms with Crippen molar-refractivity contribution in [3.05, 3.63) is 35.9 Å². The molecule has 1 fully saturated rings. The molecule has 1 aromatic carbocycles. The molecule has 0 saturated carbocycles. The molecule has 1 amide bonds. The second kappa shape index (κ2) is 7.57. The Bertz CT molecular complexity index is 447. The number of nitrogens with one attached hydrogen (secondary N) is 1. The van der Waals surface area contributed by atoms with E-state index in [2.05, 4.69) is 31.3 Å². The van der Waals surface area contributed by atoms with E-state index in [4.69, 9.17) is 4.74 Å². The normalized spacial score (nSPS) is 22.3. The number of carbonyl (C=O) groups is 1. The van der Waals surface area contributed by atoms with E-state index >= 15 is 0 Å². The number of nitrogens with zero attached hydrogens (tertiary/aromatic N) is 1. The Labute approximate surface area is 127 Å². The van der Waals surface area contributed by atoms with Crippen LogP contribution < -0.4 is 5.32 Å². The van der Waals surface area contributed by atoms with Gasteiger partial charge in [-0.2, -0.15) is 0 Å². The van der Waals surface area contributed by atoms with Gasteiger partial charge in [-0.3, -0.25) is 10.1 Å². The van der Waals surface area contributed by atoms with E-state index in [-0.39, 0.29) is 18.1 Å². The van der Waals surface area contributed by atoms with Gasteiger partial charge in [-0.05, 0) is 24.8 Å². The highest BCUT2D eigenvalue weighted by Crippen LogP contribution is 2.19. The SMILES string of the molecule is CCOCCN1C(=O)C(Cc2ccccc2)NC1C(C)C. The maximum Gasteiger partial charge on any atom is 0.241 e. The monoisotopic (exact) mass is 290 g/mol. The van der Waals surface area contributed by atoms with Crippen LogP contribution in [0.25, 0.3) is 0 Å². The van der Waals surface area contributed by atoms with E-state index in [9.17, 15) is 4.79 Å². The maximum absolute atomic E-state index is 12.6. The van der Waals surface area contributed by atoms with Gasteiger partial charge in [-0.1, -0.05) is 44.2 Å². The highest BCUT2D eigenvalue weighted by Gasteiger charge is 2.39. The van der Waals surface area contributed by atoms with Crippen LogP contribution in [0.15, 0.2) is 30.3 Å². The summed E-state index contributed by atoms with van der Waals surface area (Å²) < 4.78 is 5.40. The van der Waals surface area contributed by atoms with Gasteiger partial charge in [0.05, 0.1) is 18.8 Å². The van der Waals surface area contributed by atoms with Crippen LogP contribution in [0.1, 0.15) is 26.3 Å². The summed E-state index contributed by atoms with van der Waals surface area (Å²) in [6.07, 6.45) is 0.847. The molecule has 21 heavy (non-hydrogen) atoms. The summed E-state index contributed by atoms with van der Waals surface area (Å²) in [5.41, 5.74) is 1.19. The van der Waals surface area contributed by atoms with Crippen LogP contribution in [0, 0.1) is 5.92 Å². The van der Waals surface area contributed by atoms with Gasteiger partial charge in [0.2, 0.25) is 5.91 Å². The predicted octanol–water partition coefficient (Wildman–Crippen LogP) is 2.05. The first-order valence-corrected chi connectivity index (χ1v) is 7.81. The van der Waals surface area contributed by atoms with Crippen molar-refractivity contribution in [1.82, 2.24) is 10.2 Å². The van der Waals surface area contributed by atoms with E-state index < -0.39 is 0 Å². The Morgan fingerprint density at radius 3 is 2.62 bits per heavy atom. The van der Waals surface area contributed by atoms with Crippen LogP contribution >= 0.6 is 0 Å². The molecule has 116 valence electrons. The largest absolute Gasteiger partial charge is 0.380 e. The third-order valence-electron chi connectivity index (χ3n) is 3.88. The van der Waals surface area contributed by atoms with Crippen molar-refractivity contribution in [2.24, 2.45) is 5.92 Å². The van der Waals surface area contributed by atoms with Crippen LogP contribution in [0.2, 0.25) is 0 Å². The van der Waals surface area contributed by atoms with Gasteiger partial charge < -0.3 is 9.64 Å². The third-order valence-corrected chi connectivity index (χ3v) is 3.88. The molecule has 1 aromatic rings. The van der Waals surface area contributed by atoms with Crippen LogP contribution in [0.4, 0.5) is 0 Å². The molecule has 0 aliphatic carbocycles. The summed E-state index contributed by atoms with van der Waals surface area (Å²) >= 11 is 0. The molecule has 4 heteroatoms. The van der Waals surface area contributed by atoms with E-state index in [0.717, 1.165) is 6.42 Å². The zero-order chi connectivity index (χ0) is 15.2. The first kappa shape index (κ1) is 16.0. The number of rotatable bonds is 7. The first-order chi connectivity index (χ1) is 10.1. The fourth-order valence-corrected chi connectivity index (χ4v) is 2.81. The van der Waals surface area contributed by atoms with Gasteiger partial charge >= 0.3 is 0 Å². The smallest absolute Gasteiger partial charge is 0.241 e. The summed E-state index contributed by atoms with van der Waals surface area (Å²) in [5, 5.41) is 3.49. The Kier molecular flexibility index (Phi) is 5.76. The number of carbonyl (C=O) groups excluding carboxylic acids is 1. The number of amides is 1. The molecule has 1 saturated heterocycles. The fraction of sp³-hybridized carbons (Fsp3) is 0.588. The Morgan fingerprint density at radius 2 is 2.00 bits per heavy atom.